The predicted molar refractivity (Wildman–Crippen MR) is 227 cm³/mol. The largest absolute Gasteiger partial charge is 0.371 e. The first-order valence-corrected chi connectivity index (χ1v) is 21.8. The topological polar surface area (TPSA) is 177 Å². The Morgan fingerprint density at radius 3 is 2.58 bits per heavy atom. The van der Waals surface area contributed by atoms with Crippen molar-refractivity contribution in [1.29, 1.82) is 0 Å². The molecule has 4 aromatic heterocycles. The fourth-order valence-corrected chi connectivity index (χ4v) is 10.0. The van der Waals surface area contributed by atoms with Gasteiger partial charge in [0, 0.05) is 75.7 Å². The van der Waals surface area contributed by atoms with Gasteiger partial charge in [-0.15, -0.1) is 0 Å². The van der Waals surface area contributed by atoms with E-state index in [4.69, 9.17) is 10.8 Å². The van der Waals surface area contributed by atoms with Gasteiger partial charge in [0.25, 0.3) is 12.3 Å². The number of aryl methyl sites for hydroxylation is 1. The highest BCUT2D eigenvalue weighted by Crippen LogP contribution is 2.37. The highest BCUT2D eigenvalue weighted by molar-refractivity contribution is 6.08. The van der Waals surface area contributed by atoms with Crippen LogP contribution in [0, 0.1) is 5.92 Å². The number of aromatic nitrogens is 7. The van der Waals surface area contributed by atoms with Gasteiger partial charge in [0.05, 0.1) is 41.6 Å². The van der Waals surface area contributed by atoms with Crippen LogP contribution in [0.4, 0.5) is 30.4 Å². The van der Waals surface area contributed by atoms with Crippen molar-refractivity contribution in [3.63, 3.8) is 0 Å². The van der Waals surface area contributed by atoms with Gasteiger partial charge in [-0.3, -0.25) is 29.1 Å². The number of amides is 3. The van der Waals surface area contributed by atoms with Gasteiger partial charge in [0.15, 0.2) is 11.3 Å². The van der Waals surface area contributed by atoms with Crippen LogP contribution in [0.15, 0.2) is 42.9 Å². The molecule has 4 N–H and O–H groups in total. The summed E-state index contributed by atoms with van der Waals surface area (Å²) in [7, 11) is 4.04. The van der Waals surface area contributed by atoms with E-state index in [0.717, 1.165) is 86.9 Å². The number of halogens is 3. The minimum Gasteiger partial charge on any atom is -0.371 e. The molecular formula is C43H54F3N13O3. The van der Waals surface area contributed by atoms with Gasteiger partial charge in [-0.25, -0.2) is 22.7 Å². The summed E-state index contributed by atoms with van der Waals surface area (Å²) in [4.78, 5) is 49.0. The third-order valence-electron chi connectivity index (χ3n) is 13.6. The number of hydrogen-bond donors (Lipinski definition) is 3. The van der Waals surface area contributed by atoms with Crippen LogP contribution in [0.5, 0.6) is 0 Å². The van der Waals surface area contributed by atoms with E-state index in [0.29, 0.717) is 37.2 Å². The molecule has 1 aliphatic carbocycles. The van der Waals surface area contributed by atoms with E-state index in [1.54, 1.807) is 21.8 Å². The lowest BCUT2D eigenvalue weighted by Crippen LogP contribution is -2.48. The van der Waals surface area contributed by atoms with Crippen LogP contribution in [0.3, 0.4) is 0 Å². The van der Waals surface area contributed by atoms with E-state index in [-0.39, 0.29) is 53.8 Å². The average molecular weight is 858 g/mol. The van der Waals surface area contributed by atoms with Gasteiger partial charge in [0.2, 0.25) is 11.8 Å². The fourth-order valence-electron chi connectivity index (χ4n) is 10.0. The van der Waals surface area contributed by atoms with E-state index in [9.17, 15) is 27.6 Å². The molecule has 3 amide bonds. The second-order valence-corrected chi connectivity index (χ2v) is 17.6. The number of hydrogen-bond acceptors (Lipinski definition) is 11. The van der Waals surface area contributed by atoms with E-state index in [1.807, 2.05) is 11.7 Å². The molecule has 3 atom stereocenters. The number of nitrogens with one attached hydrogen (secondary N) is 2. The molecule has 3 aliphatic heterocycles. The van der Waals surface area contributed by atoms with Crippen molar-refractivity contribution in [1.82, 2.24) is 44.4 Å². The maximum absolute atomic E-state index is 14.3. The molecule has 0 radical (unpaired) electrons. The van der Waals surface area contributed by atoms with Crippen LogP contribution >= 0.6 is 0 Å². The molecule has 4 fully saturated rings. The second kappa shape index (κ2) is 17.3. The van der Waals surface area contributed by atoms with Crippen LogP contribution in [0.25, 0.3) is 16.6 Å². The van der Waals surface area contributed by atoms with Crippen LogP contribution in [-0.2, 0) is 16.6 Å². The Bertz CT molecular complexity index is 2440. The Morgan fingerprint density at radius 1 is 1.05 bits per heavy atom. The minimum absolute atomic E-state index is 0.0459. The third-order valence-corrected chi connectivity index (χ3v) is 13.6. The first-order valence-electron chi connectivity index (χ1n) is 21.8. The van der Waals surface area contributed by atoms with Crippen LogP contribution in [-0.4, -0.2) is 115 Å². The van der Waals surface area contributed by atoms with Gasteiger partial charge in [-0.2, -0.15) is 15.3 Å². The molecule has 3 saturated heterocycles. The van der Waals surface area contributed by atoms with Crippen LogP contribution < -0.4 is 26.2 Å². The number of piperidine rings is 3. The number of nitrogens with zero attached hydrogens (tertiary/aromatic N) is 10. The molecule has 16 nitrogen and oxygen atoms in total. The lowest BCUT2D eigenvalue weighted by atomic mass is 9.84. The number of carbonyl (C=O) groups is 3. The first kappa shape index (κ1) is 41.8. The molecular weight excluding hydrogens is 804 g/mol. The van der Waals surface area contributed by atoms with E-state index < -0.39 is 30.1 Å². The predicted octanol–water partition coefficient (Wildman–Crippen LogP) is 5.12. The number of rotatable bonds is 11. The smallest absolute Gasteiger partial charge is 0.284 e. The lowest BCUT2D eigenvalue weighted by molar-refractivity contribution is -0.134. The number of carbonyl (C=O) groups excluding carboxylic acids is 3. The molecule has 7 heterocycles. The Labute approximate surface area is 356 Å². The molecule has 0 spiro atoms. The zero-order valence-corrected chi connectivity index (χ0v) is 35.1. The van der Waals surface area contributed by atoms with E-state index in [2.05, 4.69) is 60.9 Å². The van der Waals surface area contributed by atoms with Crippen LogP contribution in [0.1, 0.15) is 104 Å². The monoisotopic (exact) mass is 857 g/mol. The fraction of sp³-hybridized carbons (Fsp3) is 0.558. The Kier molecular flexibility index (Phi) is 11.7. The maximum Gasteiger partial charge on any atom is 0.284 e. The Hall–Kier alpha value is -5.56. The van der Waals surface area contributed by atoms with Crippen molar-refractivity contribution in [2.75, 3.05) is 54.9 Å². The number of likely N-dealkylation sites (tertiary alicyclic amines) is 1. The SMILES string of the molecule is CN(c1ccc2c(C3CCC(=O)NC3=O)nn(C)c2c1)C1CCN(CCC2CCC(n3cc(NC(=O)c4cnn5ccc(N6C[C@H](N)C[C@@H](F)C6)nc45)c(C(F)F)n3)CC2)CC1. The number of nitrogens with two attached hydrogens (primary N) is 1. The summed E-state index contributed by atoms with van der Waals surface area (Å²) >= 11 is 0. The molecule has 9 rings (SSSR count). The summed E-state index contributed by atoms with van der Waals surface area (Å²) in [6.45, 7) is 3.59. The normalized spacial score (nSPS) is 24.3. The quantitative estimate of drug-likeness (QED) is 0.150. The van der Waals surface area contributed by atoms with Gasteiger partial charge < -0.3 is 25.8 Å². The molecule has 5 aromatic rings. The molecule has 1 saturated carbocycles. The zero-order chi connectivity index (χ0) is 43.2. The van der Waals surface area contributed by atoms with E-state index >= 15 is 0 Å². The highest BCUT2D eigenvalue weighted by Gasteiger charge is 2.33. The molecule has 1 aromatic carbocycles. The van der Waals surface area contributed by atoms with Crippen molar-refractivity contribution in [3.8, 4) is 0 Å². The number of alkyl halides is 3. The summed E-state index contributed by atoms with van der Waals surface area (Å²) in [5.41, 5.74) is 8.61. The molecule has 330 valence electrons. The molecule has 1 unspecified atom stereocenters. The Morgan fingerprint density at radius 2 is 1.84 bits per heavy atom. The van der Waals surface area contributed by atoms with Crippen molar-refractivity contribution in [2.24, 2.45) is 18.7 Å². The summed E-state index contributed by atoms with van der Waals surface area (Å²) in [6.07, 6.45) is 8.28. The van der Waals surface area contributed by atoms with Gasteiger partial charge >= 0.3 is 0 Å². The zero-order valence-electron chi connectivity index (χ0n) is 35.1. The van der Waals surface area contributed by atoms with Crippen molar-refractivity contribution >= 4 is 51.5 Å². The molecule has 0 bridgehead atoms. The Balaban J connectivity index is 0.758. The molecule has 62 heavy (non-hydrogen) atoms. The number of benzene rings is 1. The average Bonchev–Trinajstić information content (AvgIpc) is 3.98. The summed E-state index contributed by atoms with van der Waals surface area (Å²) in [6, 6.07) is 7.97. The lowest BCUT2D eigenvalue weighted by Gasteiger charge is -2.38. The van der Waals surface area contributed by atoms with Crippen molar-refractivity contribution in [3.05, 3.63) is 59.8 Å². The van der Waals surface area contributed by atoms with Crippen LogP contribution in [0.2, 0.25) is 0 Å². The number of fused-ring (bicyclic) bond motifs is 2. The summed E-state index contributed by atoms with van der Waals surface area (Å²) < 4.78 is 47.7. The molecule has 19 heteroatoms. The van der Waals surface area contributed by atoms with Gasteiger partial charge in [-0.1, -0.05) is 0 Å². The van der Waals surface area contributed by atoms with E-state index in [1.165, 1.54) is 16.9 Å². The summed E-state index contributed by atoms with van der Waals surface area (Å²) in [5.74, 6) is -0.597. The standard InChI is InChI=1S/C43H54F3N13O3/c1-54(30-7-8-31-35(20-30)55(2)52-38(31)32-9-10-37(60)51-42(32)61)28-12-16-56(17-13-28)15-11-25-3-5-29(6-4-25)59-24-34(39(53-59)40(45)46)49-43(62)33-21-48-58-18-14-36(50-41(33)58)57-22-26(44)19-27(47)23-57/h7-8,14,18,20-21,24-29,32,40H,3-6,9-13,15-17,19,22-23,47H2,1-2H3,(H,49,62)(H,51,60,61)/t25?,26-,27-,29?,32?/m1/s1. The molecule has 4 aliphatic rings. The summed E-state index contributed by atoms with van der Waals surface area (Å²) in [5, 5.41) is 19.2. The van der Waals surface area contributed by atoms with Gasteiger partial charge in [-0.05, 0) is 94.5 Å². The number of imide groups is 1. The van der Waals surface area contributed by atoms with Gasteiger partial charge in [0.1, 0.15) is 17.6 Å². The van der Waals surface area contributed by atoms with Crippen molar-refractivity contribution in [2.45, 2.75) is 101 Å². The highest BCUT2D eigenvalue weighted by atomic mass is 19.3. The minimum atomic E-state index is -2.89. The van der Waals surface area contributed by atoms with Crippen molar-refractivity contribution < 1.29 is 27.6 Å². The first-order chi connectivity index (χ1) is 29.9. The maximum atomic E-state index is 14.3. The third kappa shape index (κ3) is 8.48. The number of anilines is 3. The second-order valence-electron chi connectivity index (χ2n) is 17.6.